The van der Waals surface area contributed by atoms with Crippen molar-refractivity contribution in [2.24, 2.45) is 7.05 Å². The summed E-state index contributed by atoms with van der Waals surface area (Å²) in [4.78, 5) is 0. The highest BCUT2D eigenvalue weighted by Gasteiger charge is 2.04. The number of likely N-dealkylation sites (N-methyl/N-ethyl adjacent to an activating group) is 1. The van der Waals surface area contributed by atoms with Crippen molar-refractivity contribution in [3.05, 3.63) is 23.5 Å². The van der Waals surface area contributed by atoms with Crippen LogP contribution in [0.1, 0.15) is 18.3 Å². The highest BCUT2D eigenvalue weighted by molar-refractivity contribution is 5.94. The maximum absolute atomic E-state index is 7.53. The Labute approximate surface area is 79.3 Å². The third kappa shape index (κ3) is 2.18. The molecular formula is C10H17N3. The summed E-state index contributed by atoms with van der Waals surface area (Å²) < 4.78 is 2.08. The van der Waals surface area contributed by atoms with Crippen LogP contribution in [0.4, 0.5) is 0 Å². The maximum atomic E-state index is 7.53. The summed E-state index contributed by atoms with van der Waals surface area (Å²) in [6.07, 6.45) is 1.01. The largest absolute Gasteiger partial charge is 0.347 e. The molecule has 1 aromatic heterocycles. The number of hydrogen-bond donors (Lipinski definition) is 2. The van der Waals surface area contributed by atoms with Crippen LogP contribution >= 0.6 is 0 Å². The number of aromatic nitrogens is 1. The smallest absolute Gasteiger partial charge is 0.0614 e. The van der Waals surface area contributed by atoms with E-state index in [9.17, 15) is 0 Å². The van der Waals surface area contributed by atoms with Gasteiger partial charge in [-0.15, -0.1) is 0 Å². The van der Waals surface area contributed by atoms with Gasteiger partial charge in [0.05, 0.1) is 11.4 Å². The zero-order chi connectivity index (χ0) is 9.84. The topological polar surface area (TPSA) is 40.8 Å². The van der Waals surface area contributed by atoms with Crippen molar-refractivity contribution in [3.63, 3.8) is 0 Å². The summed E-state index contributed by atoms with van der Waals surface area (Å²) in [6.45, 7) is 2.80. The number of nitrogens with one attached hydrogen (secondary N) is 2. The first-order valence-electron chi connectivity index (χ1n) is 4.51. The Hall–Kier alpha value is -1.09. The van der Waals surface area contributed by atoms with Crippen LogP contribution < -0.4 is 5.32 Å². The predicted molar refractivity (Wildman–Crippen MR) is 55.5 cm³/mol. The lowest BCUT2D eigenvalue weighted by Gasteiger charge is -2.06. The molecule has 0 aliphatic rings. The zero-order valence-electron chi connectivity index (χ0n) is 8.52. The highest BCUT2D eigenvalue weighted by atomic mass is 15.0. The van der Waals surface area contributed by atoms with E-state index in [0.717, 1.165) is 18.7 Å². The van der Waals surface area contributed by atoms with Gasteiger partial charge in [0.2, 0.25) is 0 Å². The third-order valence-corrected chi connectivity index (χ3v) is 2.24. The monoisotopic (exact) mass is 179 g/mol. The van der Waals surface area contributed by atoms with Crippen molar-refractivity contribution in [2.45, 2.75) is 13.3 Å². The first-order chi connectivity index (χ1) is 6.16. The molecule has 0 fully saturated rings. The van der Waals surface area contributed by atoms with Crippen molar-refractivity contribution in [1.82, 2.24) is 9.88 Å². The fourth-order valence-corrected chi connectivity index (χ4v) is 1.43. The molecule has 3 heteroatoms. The van der Waals surface area contributed by atoms with E-state index in [1.54, 1.807) is 0 Å². The van der Waals surface area contributed by atoms with Gasteiger partial charge in [-0.05, 0) is 26.1 Å². The van der Waals surface area contributed by atoms with Crippen molar-refractivity contribution >= 4 is 5.71 Å². The molecule has 0 radical (unpaired) electrons. The van der Waals surface area contributed by atoms with Crippen LogP contribution in [0.2, 0.25) is 0 Å². The molecule has 72 valence electrons. The summed E-state index contributed by atoms with van der Waals surface area (Å²) in [5.41, 5.74) is 2.90. The van der Waals surface area contributed by atoms with E-state index in [2.05, 4.69) is 16.0 Å². The van der Waals surface area contributed by atoms with Gasteiger partial charge in [0.1, 0.15) is 0 Å². The van der Waals surface area contributed by atoms with Crippen molar-refractivity contribution in [2.75, 3.05) is 13.6 Å². The zero-order valence-corrected chi connectivity index (χ0v) is 8.52. The first kappa shape index (κ1) is 9.99. The first-order valence-corrected chi connectivity index (χ1v) is 4.51. The fraction of sp³-hybridized carbons (Fsp3) is 0.500. The van der Waals surface area contributed by atoms with Gasteiger partial charge in [0.25, 0.3) is 0 Å². The molecule has 0 amide bonds. The van der Waals surface area contributed by atoms with E-state index < -0.39 is 0 Å². The Morgan fingerprint density at radius 3 is 2.69 bits per heavy atom. The average molecular weight is 179 g/mol. The van der Waals surface area contributed by atoms with Crippen molar-refractivity contribution in [3.8, 4) is 0 Å². The Kier molecular flexibility index (Phi) is 3.25. The lowest BCUT2D eigenvalue weighted by molar-refractivity contribution is 0.735. The molecule has 0 aliphatic heterocycles. The Morgan fingerprint density at radius 2 is 2.23 bits per heavy atom. The average Bonchev–Trinajstić information content (AvgIpc) is 2.43. The molecular weight excluding hydrogens is 162 g/mol. The second kappa shape index (κ2) is 4.23. The van der Waals surface area contributed by atoms with Crippen LogP contribution in [0, 0.1) is 5.41 Å². The normalized spacial score (nSPS) is 10.4. The van der Waals surface area contributed by atoms with Gasteiger partial charge >= 0.3 is 0 Å². The summed E-state index contributed by atoms with van der Waals surface area (Å²) in [5.74, 6) is 0. The molecule has 0 aliphatic carbocycles. The molecule has 1 aromatic rings. The number of hydrogen-bond acceptors (Lipinski definition) is 2. The molecule has 0 saturated carbocycles. The molecule has 1 heterocycles. The van der Waals surface area contributed by atoms with Gasteiger partial charge in [-0.25, -0.2) is 0 Å². The molecule has 0 unspecified atom stereocenters. The minimum absolute atomic E-state index is 0.623. The van der Waals surface area contributed by atoms with Gasteiger partial charge in [-0.1, -0.05) is 0 Å². The van der Waals surface area contributed by atoms with Gasteiger partial charge in [-0.2, -0.15) is 0 Å². The molecule has 0 spiro atoms. The van der Waals surface area contributed by atoms with Crippen LogP contribution in [-0.4, -0.2) is 23.9 Å². The maximum Gasteiger partial charge on any atom is 0.0614 e. The summed E-state index contributed by atoms with van der Waals surface area (Å²) >= 11 is 0. The number of rotatable bonds is 4. The van der Waals surface area contributed by atoms with Gasteiger partial charge in [-0.3, -0.25) is 0 Å². The second-order valence-electron chi connectivity index (χ2n) is 3.25. The lowest BCUT2D eigenvalue weighted by atomic mass is 10.3. The molecule has 13 heavy (non-hydrogen) atoms. The van der Waals surface area contributed by atoms with E-state index in [-0.39, 0.29) is 0 Å². The minimum Gasteiger partial charge on any atom is -0.347 e. The quantitative estimate of drug-likeness (QED) is 0.669. The summed E-state index contributed by atoms with van der Waals surface area (Å²) in [6, 6.07) is 4.10. The molecule has 0 atom stereocenters. The van der Waals surface area contributed by atoms with E-state index >= 15 is 0 Å². The van der Waals surface area contributed by atoms with Crippen molar-refractivity contribution in [1.29, 1.82) is 5.41 Å². The molecule has 0 bridgehead atoms. The highest BCUT2D eigenvalue weighted by Crippen LogP contribution is 2.07. The van der Waals surface area contributed by atoms with Crippen LogP contribution in [0.25, 0.3) is 0 Å². The fourth-order valence-electron chi connectivity index (χ4n) is 1.43. The van der Waals surface area contributed by atoms with E-state index in [0.29, 0.717) is 5.71 Å². The Balaban J connectivity index is 2.80. The molecule has 1 rings (SSSR count). The lowest BCUT2D eigenvalue weighted by Crippen LogP contribution is -2.13. The van der Waals surface area contributed by atoms with Gasteiger partial charge in [0, 0.05) is 25.7 Å². The van der Waals surface area contributed by atoms with Gasteiger partial charge in [0.15, 0.2) is 0 Å². The van der Waals surface area contributed by atoms with Gasteiger partial charge < -0.3 is 15.3 Å². The van der Waals surface area contributed by atoms with Crippen LogP contribution in [0.5, 0.6) is 0 Å². The van der Waals surface area contributed by atoms with Crippen LogP contribution in [0.3, 0.4) is 0 Å². The predicted octanol–water partition coefficient (Wildman–Crippen LogP) is 1.17. The van der Waals surface area contributed by atoms with Crippen molar-refractivity contribution < 1.29 is 0 Å². The molecule has 0 saturated heterocycles. The standard InChI is InChI=1S/C10H17N3/c1-8(11)10-5-4-9(13(10)3)6-7-12-2/h4-5,11-12H,6-7H2,1-3H3. The van der Waals surface area contributed by atoms with E-state index in [1.807, 2.05) is 27.1 Å². The SMILES string of the molecule is CNCCc1ccc(C(C)=N)n1C. The Morgan fingerprint density at radius 1 is 1.54 bits per heavy atom. The van der Waals surface area contributed by atoms with E-state index in [1.165, 1.54) is 5.69 Å². The molecule has 2 N–H and O–H groups in total. The van der Waals surface area contributed by atoms with Crippen LogP contribution in [-0.2, 0) is 13.5 Å². The summed E-state index contributed by atoms with van der Waals surface area (Å²) in [7, 11) is 3.96. The summed E-state index contributed by atoms with van der Waals surface area (Å²) in [5, 5.41) is 10.6. The Bertz CT molecular complexity index is 299. The molecule has 3 nitrogen and oxygen atoms in total. The number of nitrogens with zero attached hydrogens (tertiary/aromatic N) is 1. The van der Waals surface area contributed by atoms with Crippen LogP contribution in [0.15, 0.2) is 12.1 Å². The third-order valence-electron chi connectivity index (χ3n) is 2.24. The second-order valence-corrected chi connectivity index (χ2v) is 3.25. The van der Waals surface area contributed by atoms with E-state index in [4.69, 9.17) is 5.41 Å². The minimum atomic E-state index is 0.623. The molecule has 0 aromatic carbocycles.